The Morgan fingerprint density at radius 3 is 2.47 bits per heavy atom. The first-order chi connectivity index (χ1) is 15.3. The number of hydrogen-bond acceptors (Lipinski definition) is 5. The zero-order chi connectivity index (χ0) is 22.7. The van der Waals surface area contributed by atoms with E-state index in [-0.39, 0.29) is 16.1 Å². The van der Waals surface area contributed by atoms with Crippen LogP contribution in [0.15, 0.2) is 47.4 Å². The van der Waals surface area contributed by atoms with Crippen LogP contribution in [0.25, 0.3) is 0 Å². The minimum absolute atomic E-state index is 0.121. The molecule has 2 N–H and O–H groups in total. The number of aryl methyl sites for hydroxylation is 1. The Morgan fingerprint density at radius 2 is 1.78 bits per heavy atom. The van der Waals surface area contributed by atoms with Gasteiger partial charge in [-0.2, -0.15) is 0 Å². The minimum Gasteiger partial charge on any atom is -0.478 e. The third kappa shape index (κ3) is 5.24. The van der Waals surface area contributed by atoms with Crippen LogP contribution in [0.5, 0.6) is 0 Å². The van der Waals surface area contributed by atoms with Gasteiger partial charge in [-0.3, -0.25) is 4.72 Å². The number of anilines is 2. The van der Waals surface area contributed by atoms with E-state index in [0.29, 0.717) is 11.6 Å². The molecule has 2 aliphatic heterocycles. The lowest BCUT2D eigenvalue weighted by atomic mass is 9.96. The van der Waals surface area contributed by atoms with Crippen LogP contribution in [0, 0.1) is 12.8 Å². The number of hydrogen-bond donors (Lipinski definition) is 2. The second-order valence-electron chi connectivity index (χ2n) is 8.92. The molecule has 172 valence electrons. The van der Waals surface area contributed by atoms with Crippen molar-refractivity contribution in [3.63, 3.8) is 0 Å². The Hall–Kier alpha value is -2.58. The van der Waals surface area contributed by atoms with Crippen molar-refractivity contribution in [3.8, 4) is 0 Å². The highest BCUT2D eigenvalue weighted by molar-refractivity contribution is 7.92. The van der Waals surface area contributed by atoms with Crippen molar-refractivity contribution in [2.24, 2.45) is 5.92 Å². The van der Waals surface area contributed by atoms with Gasteiger partial charge in [0.15, 0.2) is 0 Å². The summed E-state index contributed by atoms with van der Waals surface area (Å²) in [4.78, 5) is 16.8. The van der Waals surface area contributed by atoms with Crippen LogP contribution in [-0.4, -0.2) is 57.1 Å². The summed E-state index contributed by atoms with van der Waals surface area (Å²) in [6.45, 7) is 6.90. The molecule has 32 heavy (non-hydrogen) atoms. The first-order valence-corrected chi connectivity index (χ1v) is 12.7. The molecule has 0 bridgehead atoms. The van der Waals surface area contributed by atoms with Crippen molar-refractivity contribution in [2.45, 2.75) is 37.5 Å². The van der Waals surface area contributed by atoms with Gasteiger partial charge in [0.05, 0.1) is 16.1 Å². The van der Waals surface area contributed by atoms with Gasteiger partial charge in [0.25, 0.3) is 10.0 Å². The van der Waals surface area contributed by atoms with E-state index in [2.05, 4.69) is 14.5 Å². The van der Waals surface area contributed by atoms with Gasteiger partial charge in [0.2, 0.25) is 0 Å². The Kier molecular flexibility index (Phi) is 6.71. The number of carboxylic acids is 1. The summed E-state index contributed by atoms with van der Waals surface area (Å²) in [5.41, 5.74) is 1.99. The van der Waals surface area contributed by atoms with E-state index in [4.69, 9.17) is 0 Å². The standard InChI is InChI=1S/C24H31N3O4S/c1-18-6-9-21(10-7-18)32(30,31)25-20-8-11-23(22(15-20)24(28)29)27-14-4-5-19(17-27)16-26-12-2-3-13-26/h6-11,15,19,25H,2-5,12-14,16-17H2,1H3,(H,28,29)/t19-/m1/s1. The molecule has 0 saturated carbocycles. The predicted molar refractivity (Wildman–Crippen MR) is 126 cm³/mol. The Morgan fingerprint density at radius 1 is 1.06 bits per heavy atom. The molecule has 7 nitrogen and oxygen atoms in total. The highest BCUT2D eigenvalue weighted by Gasteiger charge is 2.26. The van der Waals surface area contributed by atoms with E-state index < -0.39 is 16.0 Å². The van der Waals surface area contributed by atoms with Crippen molar-refractivity contribution < 1.29 is 18.3 Å². The quantitative estimate of drug-likeness (QED) is 0.657. The summed E-state index contributed by atoms with van der Waals surface area (Å²) >= 11 is 0. The molecule has 2 heterocycles. The SMILES string of the molecule is Cc1ccc(S(=O)(=O)Nc2ccc(N3CCC[C@H](CN4CCCC4)C3)c(C(=O)O)c2)cc1. The minimum atomic E-state index is -3.79. The molecule has 0 spiro atoms. The van der Waals surface area contributed by atoms with E-state index >= 15 is 0 Å². The summed E-state index contributed by atoms with van der Waals surface area (Å²) in [7, 11) is -3.79. The number of nitrogens with one attached hydrogen (secondary N) is 1. The number of sulfonamides is 1. The van der Waals surface area contributed by atoms with Crippen molar-refractivity contribution in [1.29, 1.82) is 0 Å². The first-order valence-electron chi connectivity index (χ1n) is 11.3. The second kappa shape index (κ2) is 9.50. The highest BCUT2D eigenvalue weighted by atomic mass is 32.2. The van der Waals surface area contributed by atoms with Gasteiger partial charge in [-0.1, -0.05) is 17.7 Å². The molecule has 0 unspecified atom stereocenters. The highest BCUT2D eigenvalue weighted by Crippen LogP contribution is 2.30. The summed E-state index contributed by atoms with van der Waals surface area (Å²) in [5, 5.41) is 9.85. The van der Waals surface area contributed by atoms with E-state index in [1.165, 1.54) is 18.9 Å². The maximum absolute atomic E-state index is 12.7. The van der Waals surface area contributed by atoms with Gasteiger partial charge >= 0.3 is 5.97 Å². The van der Waals surface area contributed by atoms with Gasteiger partial charge in [0.1, 0.15) is 0 Å². The first kappa shape index (κ1) is 22.6. The molecule has 0 amide bonds. The number of likely N-dealkylation sites (tertiary alicyclic amines) is 1. The fraction of sp³-hybridized carbons (Fsp3) is 0.458. The summed E-state index contributed by atoms with van der Waals surface area (Å²) in [6.07, 6.45) is 4.71. The number of rotatable bonds is 7. The van der Waals surface area contributed by atoms with Gasteiger partial charge < -0.3 is 14.9 Å². The smallest absolute Gasteiger partial charge is 0.337 e. The zero-order valence-electron chi connectivity index (χ0n) is 18.5. The molecular weight excluding hydrogens is 426 g/mol. The van der Waals surface area contributed by atoms with Crippen molar-refractivity contribution in [3.05, 3.63) is 53.6 Å². The van der Waals surface area contributed by atoms with Crippen molar-refractivity contribution >= 4 is 27.4 Å². The molecule has 0 radical (unpaired) electrons. The lowest BCUT2D eigenvalue weighted by Crippen LogP contribution is -2.41. The molecule has 2 saturated heterocycles. The van der Waals surface area contributed by atoms with Crippen molar-refractivity contribution in [1.82, 2.24) is 4.90 Å². The fourth-order valence-corrected chi connectivity index (χ4v) is 5.79. The molecule has 2 aliphatic rings. The van der Waals surface area contributed by atoms with E-state index in [1.54, 1.807) is 36.4 Å². The number of aromatic carboxylic acids is 1. The van der Waals surface area contributed by atoms with Crippen LogP contribution in [0.4, 0.5) is 11.4 Å². The average molecular weight is 458 g/mol. The molecule has 2 fully saturated rings. The maximum Gasteiger partial charge on any atom is 0.337 e. The van der Waals surface area contributed by atoms with Crippen LogP contribution in [0.2, 0.25) is 0 Å². The maximum atomic E-state index is 12.7. The summed E-state index contributed by atoms with van der Waals surface area (Å²) in [5.74, 6) is -0.540. The van der Waals surface area contributed by atoms with Crippen LogP contribution < -0.4 is 9.62 Å². The van der Waals surface area contributed by atoms with Crippen LogP contribution >= 0.6 is 0 Å². The largest absolute Gasteiger partial charge is 0.478 e. The number of carbonyl (C=O) groups is 1. The zero-order valence-corrected chi connectivity index (χ0v) is 19.3. The number of benzene rings is 2. The van der Waals surface area contributed by atoms with Gasteiger partial charge in [-0.15, -0.1) is 0 Å². The molecule has 4 rings (SSSR count). The van der Waals surface area contributed by atoms with Crippen molar-refractivity contribution in [2.75, 3.05) is 42.3 Å². The molecule has 0 aliphatic carbocycles. The third-order valence-corrected chi connectivity index (χ3v) is 7.78. The number of carboxylic acid groups (broad SMARTS) is 1. The van der Waals surface area contributed by atoms with Crippen LogP contribution in [-0.2, 0) is 10.0 Å². The lowest BCUT2D eigenvalue weighted by molar-refractivity contribution is 0.0697. The predicted octanol–water partition coefficient (Wildman–Crippen LogP) is 3.81. The van der Waals surface area contributed by atoms with Crippen LogP contribution in [0.1, 0.15) is 41.6 Å². The fourth-order valence-electron chi connectivity index (χ4n) is 4.74. The average Bonchev–Trinajstić information content (AvgIpc) is 3.27. The van der Waals surface area contributed by atoms with Gasteiger partial charge in [-0.05, 0) is 81.9 Å². The Balaban J connectivity index is 1.52. The molecule has 2 aromatic carbocycles. The molecule has 8 heteroatoms. The van der Waals surface area contributed by atoms with Gasteiger partial charge in [0, 0.05) is 25.3 Å². The molecule has 1 atom stereocenters. The monoisotopic (exact) mass is 457 g/mol. The molecule has 2 aromatic rings. The topological polar surface area (TPSA) is 90.0 Å². The normalized spacial score (nSPS) is 19.8. The molecule has 0 aromatic heterocycles. The Labute approximate surface area is 190 Å². The third-order valence-electron chi connectivity index (χ3n) is 6.39. The summed E-state index contributed by atoms with van der Waals surface area (Å²) in [6, 6.07) is 11.3. The Bertz CT molecular complexity index is 1060. The van der Waals surface area contributed by atoms with Gasteiger partial charge in [-0.25, -0.2) is 13.2 Å². The van der Waals surface area contributed by atoms with E-state index in [0.717, 1.165) is 51.1 Å². The van der Waals surface area contributed by atoms with Crippen LogP contribution in [0.3, 0.4) is 0 Å². The number of piperidine rings is 1. The second-order valence-corrected chi connectivity index (χ2v) is 10.6. The number of nitrogens with zero attached hydrogens (tertiary/aromatic N) is 2. The lowest BCUT2D eigenvalue weighted by Gasteiger charge is -2.36. The molecular formula is C24H31N3O4S. The van der Waals surface area contributed by atoms with E-state index in [9.17, 15) is 18.3 Å². The summed E-state index contributed by atoms with van der Waals surface area (Å²) < 4.78 is 27.9. The van der Waals surface area contributed by atoms with E-state index in [1.807, 2.05) is 6.92 Å².